The Labute approximate surface area is 103 Å². The van der Waals surface area contributed by atoms with Crippen LogP contribution in [0.5, 0.6) is 0 Å². The number of carboxylic acids is 1. The molecule has 7 nitrogen and oxygen atoms in total. The maximum atomic E-state index is 10.4. The smallest absolute Gasteiger partial charge is 0.317 e. The number of nitrogens with one attached hydrogen (secondary N) is 1. The first-order chi connectivity index (χ1) is 8.75. The van der Waals surface area contributed by atoms with Crippen LogP contribution in [0, 0.1) is 0 Å². The quantitative estimate of drug-likeness (QED) is 0.740. The first kappa shape index (κ1) is 12.2. The van der Waals surface area contributed by atoms with Crippen LogP contribution in [0.3, 0.4) is 0 Å². The summed E-state index contributed by atoms with van der Waals surface area (Å²) < 4.78 is 1.64. The van der Waals surface area contributed by atoms with E-state index >= 15 is 0 Å². The topological polar surface area (TPSA) is 92.9 Å². The molecule has 0 radical (unpaired) electrons. The molecule has 0 saturated carbocycles. The molecule has 0 aliphatic carbocycles. The van der Waals surface area contributed by atoms with Crippen LogP contribution in [0.2, 0.25) is 0 Å². The lowest BCUT2D eigenvalue weighted by Gasteiger charge is -2.04. The lowest BCUT2D eigenvalue weighted by molar-refractivity contribution is -0.136. The molecule has 7 heteroatoms. The van der Waals surface area contributed by atoms with Crippen molar-refractivity contribution in [3.63, 3.8) is 0 Å². The Hall–Kier alpha value is -2.28. The number of hydrogen-bond donors (Lipinski definition) is 2. The van der Waals surface area contributed by atoms with Crippen molar-refractivity contribution >= 4 is 5.97 Å². The maximum absolute atomic E-state index is 10.4. The summed E-state index contributed by atoms with van der Waals surface area (Å²) in [4.78, 5) is 10.4. The number of hydrogen-bond acceptors (Lipinski definition) is 5. The fraction of sp³-hybridized carbons (Fsp3) is 0.273. The number of carboxylic acid groups (broad SMARTS) is 1. The second-order valence-electron chi connectivity index (χ2n) is 3.74. The first-order valence-corrected chi connectivity index (χ1v) is 5.47. The molecule has 0 aliphatic heterocycles. The van der Waals surface area contributed by atoms with Gasteiger partial charge in [0.05, 0.1) is 19.6 Å². The van der Waals surface area contributed by atoms with Crippen LogP contribution < -0.4 is 5.32 Å². The number of carbonyl (C=O) groups is 1. The molecule has 0 bridgehead atoms. The molecule has 1 aromatic heterocycles. The summed E-state index contributed by atoms with van der Waals surface area (Å²) in [5.74, 6) is -0.294. The molecule has 18 heavy (non-hydrogen) atoms. The third kappa shape index (κ3) is 3.36. The highest BCUT2D eigenvalue weighted by Gasteiger charge is 2.06. The van der Waals surface area contributed by atoms with Crippen LogP contribution in [-0.2, 0) is 17.9 Å². The van der Waals surface area contributed by atoms with E-state index in [0.29, 0.717) is 18.9 Å². The van der Waals surface area contributed by atoms with Crippen molar-refractivity contribution in [2.75, 3.05) is 6.54 Å². The minimum Gasteiger partial charge on any atom is -0.480 e. The fourth-order valence-corrected chi connectivity index (χ4v) is 1.51. The molecule has 0 spiro atoms. The largest absolute Gasteiger partial charge is 0.480 e. The van der Waals surface area contributed by atoms with E-state index < -0.39 is 5.97 Å². The Bertz CT molecular complexity index is 511. The molecule has 0 amide bonds. The van der Waals surface area contributed by atoms with Crippen molar-refractivity contribution in [3.8, 4) is 0 Å². The number of tetrazole rings is 1. The van der Waals surface area contributed by atoms with Crippen LogP contribution >= 0.6 is 0 Å². The Kier molecular flexibility index (Phi) is 3.98. The average Bonchev–Trinajstić information content (AvgIpc) is 2.78. The predicted molar refractivity (Wildman–Crippen MR) is 62.7 cm³/mol. The summed E-state index contributed by atoms with van der Waals surface area (Å²) in [6.45, 7) is 0.780. The molecule has 2 rings (SSSR count). The average molecular weight is 247 g/mol. The Morgan fingerprint density at radius 1 is 1.33 bits per heavy atom. The standard InChI is InChI=1S/C11H13N5O2/c17-11(18)7-12-6-10-13-14-15-16(10)8-9-4-2-1-3-5-9/h1-5,12H,6-8H2,(H,17,18). The van der Waals surface area contributed by atoms with E-state index in [0.717, 1.165) is 5.56 Å². The molecule has 1 aromatic carbocycles. The molecule has 0 aliphatic rings. The highest BCUT2D eigenvalue weighted by molar-refractivity contribution is 5.68. The highest BCUT2D eigenvalue weighted by atomic mass is 16.4. The van der Waals surface area contributed by atoms with Gasteiger partial charge < -0.3 is 5.11 Å². The van der Waals surface area contributed by atoms with Gasteiger partial charge in [-0.1, -0.05) is 30.3 Å². The summed E-state index contributed by atoms with van der Waals surface area (Å²) in [6.07, 6.45) is 0. The van der Waals surface area contributed by atoms with E-state index in [2.05, 4.69) is 20.8 Å². The Morgan fingerprint density at radius 3 is 2.83 bits per heavy atom. The second kappa shape index (κ2) is 5.87. The Balaban J connectivity index is 1.97. The van der Waals surface area contributed by atoms with Gasteiger partial charge in [-0.25, -0.2) is 4.68 Å². The van der Waals surface area contributed by atoms with Crippen molar-refractivity contribution in [2.45, 2.75) is 13.1 Å². The second-order valence-corrected chi connectivity index (χ2v) is 3.74. The minimum absolute atomic E-state index is 0.113. The molecule has 1 heterocycles. The van der Waals surface area contributed by atoms with E-state index in [1.807, 2.05) is 30.3 Å². The molecule has 2 aromatic rings. The summed E-state index contributed by atoms with van der Waals surface area (Å²) in [7, 11) is 0. The summed E-state index contributed by atoms with van der Waals surface area (Å²) in [5, 5.41) is 22.6. The van der Waals surface area contributed by atoms with Crippen LogP contribution in [-0.4, -0.2) is 37.8 Å². The van der Waals surface area contributed by atoms with Gasteiger partial charge in [0.25, 0.3) is 0 Å². The summed E-state index contributed by atoms with van der Waals surface area (Å²) >= 11 is 0. The van der Waals surface area contributed by atoms with Gasteiger partial charge in [-0.15, -0.1) is 5.10 Å². The summed E-state index contributed by atoms with van der Waals surface area (Å²) in [5.41, 5.74) is 1.09. The zero-order valence-corrected chi connectivity index (χ0v) is 9.65. The Morgan fingerprint density at radius 2 is 2.11 bits per heavy atom. The zero-order chi connectivity index (χ0) is 12.8. The van der Waals surface area contributed by atoms with Crippen molar-refractivity contribution in [1.82, 2.24) is 25.5 Å². The molecule has 0 unspecified atom stereocenters. The third-order valence-corrected chi connectivity index (χ3v) is 2.34. The molecule has 94 valence electrons. The molecule has 0 fully saturated rings. The van der Waals surface area contributed by atoms with E-state index in [4.69, 9.17) is 5.11 Å². The predicted octanol–water partition coefficient (Wildman–Crippen LogP) is -0.104. The lowest BCUT2D eigenvalue weighted by atomic mass is 10.2. The van der Waals surface area contributed by atoms with Gasteiger partial charge in [-0.05, 0) is 16.0 Å². The van der Waals surface area contributed by atoms with Crippen molar-refractivity contribution < 1.29 is 9.90 Å². The third-order valence-electron chi connectivity index (χ3n) is 2.34. The fourth-order valence-electron chi connectivity index (χ4n) is 1.51. The number of rotatable bonds is 6. The van der Waals surface area contributed by atoms with Crippen LogP contribution in [0.4, 0.5) is 0 Å². The minimum atomic E-state index is -0.905. The van der Waals surface area contributed by atoms with Gasteiger partial charge >= 0.3 is 5.97 Å². The number of benzene rings is 1. The number of aliphatic carboxylic acids is 1. The molecular weight excluding hydrogens is 234 g/mol. The van der Waals surface area contributed by atoms with Crippen LogP contribution in [0.25, 0.3) is 0 Å². The summed E-state index contributed by atoms with van der Waals surface area (Å²) in [6, 6.07) is 9.80. The monoisotopic (exact) mass is 247 g/mol. The van der Waals surface area contributed by atoms with E-state index in [1.165, 1.54) is 0 Å². The SMILES string of the molecule is O=C(O)CNCc1nnnn1Cc1ccccc1. The first-order valence-electron chi connectivity index (χ1n) is 5.47. The lowest BCUT2D eigenvalue weighted by Crippen LogP contribution is -2.24. The maximum Gasteiger partial charge on any atom is 0.317 e. The van der Waals surface area contributed by atoms with E-state index in [1.54, 1.807) is 4.68 Å². The van der Waals surface area contributed by atoms with E-state index in [-0.39, 0.29) is 6.54 Å². The van der Waals surface area contributed by atoms with Crippen LogP contribution in [0.1, 0.15) is 11.4 Å². The number of aromatic nitrogens is 4. The molecule has 0 atom stereocenters. The van der Waals surface area contributed by atoms with Crippen molar-refractivity contribution in [2.24, 2.45) is 0 Å². The van der Waals surface area contributed by atoms with Crippen LogP contribution in [0.15, 0.2) is 30.3 Å². The van der Waals surface area contributed by atoms with Crippen molar-refractivity contribution in [1.29, 1.82) is 0 Å². The number of nitrogens with zero attached hydrogens (tertiary/aromatic N) is 4. The van der Waals surface area contributed by atoms with Gasteiger partial charge in [0.2, 0.25) is 0 Å². The van der Waals surface area contributed by atoms with Gasteiger partial charge in [-0.3, -0.25) is 10.1 Å². The highest BCUT2D eigenvalue weighted by Crippen LogP contribution is 2.02. The molecule has 0 saturated heterocycles. The van der Waals surface area contributed by atoms with Gasteiger partial charge in [0.15, 0.2) is 5.82 Å². The van der Waals surface area contributed by atoms with Gasteiger partial charge in [0.1, 0.15) is 0 Å². The molecule has 2 N–H and O–H groups in total. The van der Waals surface area contributed by atoms with Crippen molar-refractivity contribution in [3.05, 3.63) is 41.7 Å². The van der Waals surface area contributed by atoms with Gasteiger partial charge in [0, 0.05) is 0 Å². The molecular formula is C11H13N5O2. The normalized spacial score (nSPS) is 10.4. The zero-order valence-electron chi connectivity index (χ0n) is 9.65. The van der Waals surface area contributed by atoms with Gasteiger partial charge in [-0.2, -0.15) is 0 Å². The van der Waals surface area contributed by atoms with E-state index in [9.17, 15) is 4.79 Å².